The highest BCUT2D eigenvalue weighted by atomic mass is 19.1. The van der Waals surface area contributed by atoms with E-state index in [0.29, 0.717) is 17.9 Å². The molecule has 2 rings (SSSR count). The SMILES string of the molecule is CC1CCCC(C#N)(Cc2cc(F)ccc2F)C1. The highest BCUT2D eigenvalue weighted by Gasteiger charge is 2.35. The second kappa shape index (κ2) is 5.06. The average molecular weight is 249 g/mol. The van der Waals surface area contributed by atoms with Gasteiger partial charge in [-0.15, -0.1) is 0 Å². The van der Waals surface area contributed by atoms with E-state index in [1.807, 2.05) is 0 Å². The van der Waals surface area contributed by atoms with E-state index in [4.69, 9.17) is 0 Å². The summed E-state index contributed by atoms with van der Waals surface area (Å²) in [5.74, 6) is -0.373. The Balaban J connectivity index is 2.25. The summed E-state index contributed by atoms with van der Waals surface area (Å²) in [6.07, 6.45) is 3.99. The second-order valence-corrected chi connectivity index (χ2v) is 5.51. The van der Waals surface area contributed by atoms with Gasteiger partial charge in [0, 0.05) is 0 Å². The lowest BCUT2D eigenvalue weighted by Gasteiger charge is -2.34. The summed E-state index contributed by atoms with van der Waals surface area (Å²) in [5.41, 5.74) is -0.197. The maximum absolute atomic E-state index is 13.7. The molecule has 96 valence electrons. The fourth-order valence-corrected chi connectivity index (χ4v) is 3.01. The van der Waals surface area contributed by atoms with Crippen LogP contribution in [0.25, 0.3) is 0 Å². The molecule has 0 saturated heterocycles. The van der Waals surface area contributed by atoms with Crippen LogP contribution in [0, 0.1) is 34.3 Å². The van der Waals surface area contributed by atoms with Crippen LogP contribution in [0.5, 0.6) is 0 Å². The van der Waals surface area contributed by atoms with E-state index in [9.17, 15) is 14.0 Å². The first kappa shape index (κ1) is 13.0. The molecule has 0 N–H and O–H groups in total. The van der Waals surface area contributed by atoms with Crippen molar-refractivity contribution in [3.8, 4) is 6.07 Å². The molecule has 0 amide bonds. The Labute approximate surface area is 106 Å². The first-order valence-electron chi connectivity index (χ1n) is 6.40. The highest BCUT2D eigenvalue weighted by molar-refractivity contribution is 5.22. The molecule has 1 aromatic rings. The fourth-order valence-electron chi connectivity index (χ4n) is 3.01. The van der Waals surface area contributed by atoms with Crippen LogP contribution in [0.3, 0.4) is 0 Å². The molecule has 1 fully saturated rings. The topological polar surface area (TPSA) is 23.8 Å². The van der Waals surface area contributed by atoms with Gasteiger partial charge in [0.05, 0.1) is 11.5 Å². The van der Waals surface area contributed by atoms with Gasteiger partial charge in [0.25, 0.3) is 0 Å². The van der Waals surface area contributed by atoms with Gasteiger partial charge in [-0.2, -0.15) is 5.26 Å². The summed E-state index contributed by atoms with van der Waals surface area (Å²) in [6.45, 7) is 2.12. The third-order valence-electron chi connectivity index (χ3n) is 3.87. The Kier molecular flexibility index (Phi) is 3.65. The van der Waals surface area contributed by atoms with Gasteiger partial charge in [-0.1, -0.05) is 19.8 Å². The molecule has 1 aromatic carbocycles. The van der Waals surface area contributed by atoms with E-state index in [1.54, 1.807) is 0 Å². The highest BCUT2D eigenvalue weighted by Crippen LogP contribution is 2.41. The van der Waals surface area contributed by atoms with Crippen LogP contribution in [0.1, 0.15) is 38.2 Å². The van der Waals surface area contributed by atoms with Gasteiger partial charge in [-0.3, -0.25) is 0 Å². The van der Waals surface area contributed by atoms with E-state index in [-0.39, 0.29) is 0 Å². The van der Waals surface area contributed by atoms with Crippen molar-refractivity contribution >= 4 is 0 Å². The number of nitrogens with zero attached hydrogens (tertiary/aromatic N) is 1. The summed E-state index contributed by atoms with van der Waals surface area (Å²) >= 11 is 0. The second-order valence-electron chi connectivity index (χ2n) is 5.51. The average Bonchev–Trinajstić information content (AvgIpc) is 2.34. The molecule has 0 heterocycles. The lowest BCUT2D eigenvalue weighted by atomic mass is 9.68. The molecule has 1 aliphatic carbocycles. The number of nitriles is 1. The number of halogens is 2. The Morgan fingerprint density at radius 1 is 1.44 bits per heavy atom. The van der Waals surface area contributed by atoms with E-state index < -0.39 is 17.0 Å². The van der Waals surface area contributed by atoms with Crippen LogP contribution < -0.4 is 0 Å². The van der Waals surface area contributed by atoms with Crippen molar-refractivity contribution in [2.45, 2.75) is 39.0 Å². The third kappa shape index (κ3) is 2.69. The minimum atomic E-state index is -0.522. The molecular formula is C15H17F2N. The van der Waals surface area contributed by atoms with E-state index >= 15 is 0 Å². The van der Waals surface area contributed by atoms with Gasteiger partial charge in [0.1, 0.15) is 11.6 Å². The predicted octanol–water partition coefficient (Wildman–Crippen LogP) is 4.23. The zero-order valence-electron chi connectivity index (χ0n) is 10.5. The summed E-state index contributed by atoms with van der Waals surface area (Å²) < 4.78 is 26.8. The van der Waals surface area contributed by atoms with Crippen LogP contribution in [0.4, 0.5) is 8.78 Å². The Hall–Kier alpha value is -1.43. The smallest absolute Gasteiger partial charge is 0.126 e. The zero-order chi connectivity index (χ0) is 13.2. The van der Waals surface area contributed by atoms with E-state index in [0.717, 1.165) is 37.8 Å². The Morgan fingerprint density at radius 3 is 2.89 bits per heavy atom. The molecular weight excluding hydrogens is 232 g/mol. The molecule has 18 heavy (non-hydrogen) atoms. The summed E-state index contributed by atoms with van der Waals surface area (Å²) in [4.78, 5) is 0. The first-order valence-corrected chi connectivity index (χ1v) is 6.40. The van der Waals surface area contributed by atoms with Crippen molar-refractivity contribution in [1.82, 2.24) is 0 Å². The van der Waals surface area contributed by atoms with Crippen molar-refractivity contribution < 1.29 is 8.78 Å². The lowest BCUT2D eigenvalue weighted by Crippen LogP contribution is -2.29. The fraction of sp³-hybridized carbons (Fsp3) is 0.533. The van der Waals surface area contributed by atoms with Gasteiger partial charge < -0.3 is 0 Å². The molecule has 2 unspecified atom stereocenters. The number of rotatable bonds is 2. The van der Waals surface area contributed by atoms with Crippen LogP contribution in [0.2, 0.25) is 0 Å². The Morgan fingerprint density at radius 2 is 2.22 bits per heavy atom. The van der Waals surface area contributed by atoms with Crippen molar-refractivity contribution in [2.24, 2.45) is 11.3 Å². The zero-order valence-corrected chi connectivity index (χ0v) is 10.5. The summed E-state index contributed by atoms with van der Waals surface area (Å²) in [5, 5.41) is 9.41. The van der Waals surface area contributed by atoms with Crippen LogP contribution in [-0.4, -0.2) is 0 Å². The maximum Gasteiger partial charge on any atom is 0.126 e. The number of benzene rings is 1. The predicted molar refractivity (Wildman–Crippen MR) is 65.7 cm³/mol. The van der Waals surface area contributed by atoms with Crippen molar-refractivity contribution in [3.05, 3.63) is 35.4 Å². The Bertz CT molecular complexity index is 478. The van der Waals surface area contributed by atoms with E-state index in [1.165, 1.54) is 6.07 Å². The summed E-state index contributed by atoms with van der Waals surface area (Å²) in [6, 6.07) is 5.82. The minimum absolute atomic E-state index is 0.317. The van der Waals surface area contributed by atoms with Gasteiger partial charge in [0.15, 0.2) is 0 Å². The maximum atomic E-state index is 13.7. The van der Waals surface area contributed by atoms with Crippen LogP contribution in [-0.2, 0) is 6.42 Å². The minimum Gasteiger partial charge on any atom is -0.207 e. The van der Waals surface area contributed by atoms with Crippen LogP contribution in [0.15, 0.2) is 18.2 Å². The molecule has 0 radical (unpaired) electrons. The largest absolute Gasteiger partial charge is 0.207 e. The third-order valence-corrected chi connectivity index (χ3v) is 3.87. The van der Waals surface area contributed by atoms with Crippen molar-refractivity contribution in [2.75, 3.05) is 0 Å². The molecule has 0 aliphatic heterocycles. The van der Waals surface area contributed by atoms with Gasteiger partial charge in [-0.05, 0) is 48.9 Å². The number of hydrogen-bond donors (Lipinski definition) is 0. The molecule has 3 heteroatoms. The first-order chi connectivity index (χ1) is 8.54. The molecule has 0 bridgehead atoms. The quantitative estimate of drug-likeness (QED) is 0.769. The molecule has 1 saturated carbocycles. The molecule has 0 spiro atoms. The lowest BCUT2D eigenvalue weighted by molar-refractivity contribution is 0.208. The molecule has 1 aliphatic rings. The van der Waals surface area contributed by atoms with Crippen molar-refractivity contribution in [3.63, 3.8) is 0 Å². The normalized spacial score (nSPS) is 27.8. The van der Waals surface area contributed by atoms with Crippen LogP contribution >= 0.6 is 0 Å². The summed E-state index contributed by atoms with van der Waals surface area (Å²) in [7, 11) is 0. The molecule has 0 aromatic heterocycles. The number of hydrogen-bond acceptors (Lipinski definition) is 1. The van der Waals surface area contributed by atoms with Gasteiger partial charge in [0.2, 0.25) is 0 Å². The van der Waals surface area contributed by atoms with Gasteiger partial charge >= 0.3 is 0 Å². The van der Waals surface area contributed by atoms with Crippen molar-refractivity contribution in [1.29, 1.82) is 5.26 Å². The monoisotopic (exact) mass is 249 g/mol. The molecule has 1 nitrogen and oxygen atoms in total. The van der Waals surface area contributed by atoms with Gasteiger partial charge in [-0.25, -0.2) is 8.78 Å². The standard InChI is InChI=1S/C15H17F2N/c1-11-3-2-6-15(8-11,10-18)9-12-7-13(16)4-5-14(12)17/h4-5,7,11H,2-3,6,8-9H2,1H3. The molecule has 2 atom stereocenters. The van der Waals surface area contributed by atoms with E-state index in [2.05, 4.69) is 13.0 Å².